The molecular weight excluding hydrogens is 302 g/mol. The molecule has 0 spiro atoms. The fraction of sp³-hybridized carbons (Fsp3) is 0.211. The smallest absolute Gasteiger partial charge is 0.272 e. The van der Waals surface area contributed by atoms with Crippen molar-refractivity contribution in [1.29, 1.82) is 0 Å². The van der Waals surface area contributed by atoms with Gasteiger partial charge in [0.15, 0.2) is 5.78 Å². The van der Waals surface area contributed by atoms with Crippen LogP contribution in [0.1, 0.15) is 28.8 Å². The summed E-state index contributed by atoms with van der Waals surface area (Å²) in [5.41, 5.74) is 3.42. The second kappa shape index (κ2) is 4.77. The lowest BCUT2D eigenvalue weighted by Crippen LogP contribution is -2.24. The van der Waals surface area contributed by atoms with E-state index in [9.17, 15) is 9.59 Å². The molecule has 0 atom stereocenters. The van der Waals surface area contributed by atoms with Crippen molar-refractivity contribution >= 4 is 22.2 Å². The summed E-state index contributed by atoms with van der Waals surface area (Å²) in [5.74, 6) is -0.0157. The maximum atomic E-state index is 13.2. The van der Waals surface area contributed by atoms with Crippen molar-refractivity contribution in [3.8, 4) is 11.3 Å². The maximum Gasteiger partial charge on any atom is 0.272 e. The summed E-state index contributed by atoms with van der Waals surface area (Å²) in [6.45, 7) is 1.89. The number of hydrogen-bond acceptors (Lipinski definition) is 4. The minimum atomic E-state index is -0.254. The van der Waals surface area contributed by atoms with E-state index in [2.05, 4.69) is 15.1 Å². The van der Waals surface area contributed by atoms with Crippen LogP contribution in [0.3, 0.4) is 0 Å². The number of hydrogen-bond donors (Lipinski definition) is 1. The molecule has 0 unspecified atom stereocenters. The summed E-state index contributed by atoms with van der Waals surface area (Å²) in [5, 5.41) is 8.06. The molecule has 24 heavy (non-hydrogen) atoms. The Kier molecular flexibility index (Phi) is 2.68. The Balaban J connectivity index is 1.95. The molecule has 1 aromatic heterocycles. The quantitative estimate of drug-likeness (QED) is 0.586. The molecule has 2 heterocycles. The molecule has 1 fully saturated rings. The van der Waals surface area contributed by atoms with Gasteiger partial charge in [0, 0.05) is 35.3 Å². The van der Waals surface area contributed by atoms with Gasteiger partial charge in [0.05, 0.1) is 10.9 Å². The Hall–Kier alpha value is -2.95. The highest BCUT2D eigenvalue weighted by molar-refractivity contribution is 6.27. The van der Waals surface area contributed by atoms with E-state index in [0.717, 1.165) is 37.2 Å². The minimum Gasteiger partial charge on any atom is -0.371 e. The van der Waals surface area contributed by atoms with E-state index in [1.165, 1.54) is 0 Å². The van der Waals surface area contributed by atoms with Crippen LogP contribution in [-0.2, 0) is 0 Å². The van der Waals surface area contributed by atoms with E-state index in [0.29, 0.717) is 27.6 Å². The Morgan fingerprint density at radius 2 is 1.71 bits per heavy atom. The van der Waals surface area contributed by atoms with Gasteiger partial charge in [-0.2, -0.15) is 5.10 Å². The number of aromatic amines is 1. The number of nitrogens with one attached hydrogen (secondary N) is 1. The highest BCUT2D eigenvalue weighted by atomic mass is 16.1. The third kappa shape index (κ3) is 1.67. The van der Waals surface area contributed by atoms with E-state index >= 15 is 0 Å². The summed E-state index contributed by atoms with van der Waals surface area (Å²) in [6.07, 6.45) is 2.26. The Morgan fingerprint density at radius 1 is 0.958 bits per heavy atom. The number of fused-ring (bicyclic) bond motifs is 2. The standard InChI is InChI=1S/C19H15N3O2/c23-18-12-6-2-1-5-11(12)17-15-13(19(24)21-20-17)7-8-14(16(15)18)22-9-3-4-10-22/h1-2,5-8H,3-4,9-10H2,(H,21,24). The fourth-order valence-electron chi connectivity index (χ4n) is 3.92. The van der Waals surface area contributed by atoms with Gasteiger partial charge in [-0.3, -0.25) is 9.59 Å². The van der Waals surface area contributed by atoms with Crippen molar-refractivity contribution < 1.29 is 4.79 Å². The summed E-state index contributed by atoms with van der Waals surface area (Å²) in [6, 6.07) is 11.2. The van der Waals surface area contributed by atoms with E-state index in [1.54, 1.807) is 0 Å². The number of ketones is 1. The van der Waals surface area contributed by atoms with Crippen LogP contribution in [0.25, 0.3) is 22.0 Å². The van der Waals surface area contributed by atoms with Gasteiger partial charge in [0.1, 0.15) is 5.69 Å². The zero-order valence-electron chi connectivity index (χ0n) is 13.0. The first kappa shape index (κ1) is 13.5. The molecule has 3 aromatic rings. The van der Waals surface area contributed by atoms with Gasteiger partial charge in [-0.25, -0.2) is 5.10 Å². The Labute approximate surface area is 137 Å². The second-order valence-corrected chi connectivity index (χ2v) is 6.35. The highest BCUT2D eigenvalue weighted by Gasteiger charge is 2.31. The number of carbonyl (C=O) groups is 1. The minimum absolute atomic E-state index is 0.0157. The van der Waals surface area contributed by atoms with Crippen molar-refractivity contribution in [3.05, 3.63) is 57.9 Å². The number of H-pyrrole nitrogens is 1. The number of carbonyl (C=O) groups excluding carboxylic acids is 1. The maximum absolute atomic E-state index is 13.2. The number of anilines is 1. The lowest BCUT2D eigenvalue weighted by atomic mass is 9.85. The summed E-state index contributed by atoms with van der Waals surface area (Å²) < 4.78 is 0. The molecule has 2 aromatic carbocycles. The molecule has 0 amide bonds. The van der Waals surface area contributed by atoms with Crippen LogP contribution in [0.4, 0.5) is 5.69 Å². The van der Waals surface area contributed by atoms with Crippen LogP contribution >= 0.6 is 0 Å². The van der Waals surface area contributed by atoms with Crippen LogP contribution in [0.5, 0.6) is 0 Å². The Morgan fingerprint density at radius 3 is 2.50 bits per heavy atom. The number of rotatable bonds is 1. The third-order valence-electron chi connectivity index (χ3n) is 5.03. The molecule has 0 bridgehead atoms. The molecule has 1 saturated heterocycles. The first-order valence-corrected chi connectivity index (χ1v) is 8.20. The van der Waals surface area contributed by atoms with E-state index in [4.69, 9.17) is 0 Å². The van der Waals surface area contributed by atoms with Crippen molar-refractivity contribution in [1.82, 2.24) is 10.2 Å². The van der Waals surface area contributed by atoms with Crippen LogP contribution in [0, 0.1) is 0 Å². The molecule has 0 saturated carbocycles. The van der Waals surface area contributed by atoms with Crippen molar-refractivity contribution in [2.24, 2.45) is 0 Å². The predicted molar refractivity (Wildman–Crippen MR) is 92.7 cm³/mol. The number of aromatic nitrogens is 2. The van der Waals surface area contributed by atoms with Gasteiger partial charge in [0.25, 0.3) is 5.56 Å². The van der Waals surface area contributed by atoms with E-state index in [1.807, 2.05) is 36.4 Å². The van der Waals surface area contributed by atoms with Crippen LogP contribution in [-0.4, -0.2) is 29.1 Å². The lowest BCUT2D eigenvalue weighted by Gasteiger charge is -2.25. The van der Waals surface area contributed by atoms with Gasteiger partial charge in [-0.05, 0) is 25.0 Å². The summed E-state index contributed by atoms with van der Waals surface area (Å²) in [7, 11) is 0. The van der Waals surface area contributed by atoms with Crippen LogP contribution in [0.2, 0.25) is 0 Å². The van der Waals surface area contributed by atoms with Crippen LogP contribution < -0.4 is 10.5 Å². The molecule has 5 rings (SSSR count). The summed E-state index contributed by atoms with van der Waals surface area (Å²) >= 11 is 0. The van der Waals surface area contributed by atoms with Crippen molar-refractivity contribution in [2.75, 3.05) is 18.0 Å². The monoisotopic (exact) mass is 317 g/mol. The fourth-order valence-corrected chi connectivity index (χ4v) is 3.92. The average molecular weight is 317 g/mol. The van der Waals surface area contributed by atoms with Gasteiger partial charge >= 0.3 is 0 Å². The SMILES string of the molecule is O=C1c2ccccc2-c2n[nH]c(=O)c3ccc(N4CCCC4)c1c23. The second-order valence-electron chi connectivity index (χ2n) is 6.35. The summed E-state index contributed by atoms with van der Waals surface area (Å²) in [4.78, 5) is 27.7. The normalized spacial score (nSPS) is 15.8. The highest BCUT2D eigenvalue weighted by Crippen LogP contribution is 2.41. The molecule has 1 aliphatic carbocycles. The van der Waals surface area contributed by atoms with E-state index < -0.39 is 0 Å². The number of nitrogens with zero attached hydrogens (tertiary/aromatic N) is 2. The third-order valence-corrected chi connectivity index (χ3v) is 5.03. The van der Waals surface area contributed by atoms with Crippen molar-refractivity contribution in [2.45, 2.75) is 12.8 Å². The predicted octanol–water partition coefficient (Wildman–Crippen LogP) is 2.73. The topological polar surface area (TPSA) is 66.1 Å². The molecule has 118 valence electrons. The molecular formula is C19H15N3O2. The molecule has 1 aliphatic heterocycles. The van der Waals surface area contributed by atoms with E-state index in [-0.39, 0.29) is 11.3 Å². The lowest BCUT2D eigenvalue weighted by molar-refractivity contribution is 0.104. The zero-order valence-corrected chi connectivity index (χ0v) is 13.0. The van der Waals surface area contributed by atoms with Crippen LogP contribution in [0.15, 0.2) is 41.2 Å². The first-order valence-electron chi connectivity index (χ1n) is 8.20. The average Bonchev–Trinajstić information content (AvgIpc) is 3.15. The first-order chi connectivity index (χ1) is 11.8. The molecule has 0 radical (unpaired) electrons. The molecule has 1 N–H and O–H groups in total. The molecule has 5 heteroatoms. The van der Waals surface area contributed by atoms with Gasteiger partial charge in [0.2, 0.25) is 0 Å². The largest absolute Gasteiger partial charge is 0.371 e. The van der Waals surface area contributed by atoms with Gasteiger partial charge in [-0.1, -0.05) is 24.3 Å². The molecule has 5 nitrogen and oxygen atoms in total. The Bertz CT molecular complexity index is 1060. The van der Waals surface area contributed by atoms with Crippen molar-refractivity contribution in [3.63, 3.8) is 0 Å². The molecule has 2 aliphatic rings. The van der Waals surface area contributed by atoms with Gasteiger partial charge in [-0.15, -0.1) is 0 Å². The van der Waals surface area contributed by atoms with Gasteiger partial charge < -0.3 is 4.90 Å². The number of benzene rings is 2. The zero-order chi connectivity index (χ0) is 16.3.